The zero-order valence-electron chi connectivity index (χ0n) is 11.7. The molecule has 0 radical (unpaired) electrons. The van der Waals surface area contributed by atoms with Crippen LogP contribution >= 0.6 is 0 Å². The molecule has 2 aliphatic rings. The van der Waals surface area contributed by atoms with Crippen molar-refractivity contribution in [1.82, 2.24) is 19.5 Å². The lowest BCUT2D eigenvalue weighted by atomic mass is 9.83. The maximum atomic E-state index is 11.9. The minimum absolute atomic E-state index is 0.0464. The second kappa shape index (κ2) is 4.04. The minimum Gasteiger partial charge on any atom is -0.394 e. The van der Waals surface area contributed by atoms with Crippen LogP contribution in [-0.4, -0.2) is 60.8 Å². The largest absolute Gasteiger partial charge is 0.394 e. The number of nitrogens with two attached hydrogens (primary N) is 1. The summed E-state index contributed by atoms with van der Waals surface area (Å²) in [5.74, 6) is -0.0464. The predicted octanol–water partition coefficient (Wildman–Crippen LogP) is -2.10. The Morgan fingerprint density at radius 1 is 1.64 bits per heavy atom. The Labute approximate surface area is 123 Å². The number of ether oxygens (including phenoxy) is 2. The number of fused-ring (bicyclic) bond motifs is 2. The molecule has 0 unspecified atom stereocenters. The molecule has 2 fully saturated rings. The molecule has 2 aromatic heterocycles. The number of rotatable bonds is 2. The Balaban J connectivity index is 1.94. The van der Waals surface area contributed by atoms with Gasteiger partial charge >= 0.3 is 0 Å². The summed E-state index contributed by atoms with van der Waals surface area (Å²) in [6.07, 6.45) is -0.424. The number of nitrogens with one attached hydrogen (secondary N) is 1. The summed E-state index contributed by atoms with van der Waals surface area (Å²) in [4.78, 5) is 22.4. The Hall–Kier alpha value is -2.01. The second-order valence-electron chi connectivity index (χ2n) is 5.70. The van der Waals surface area contributed by atoms with Crippen molar-refractivity contribution < 1.29 is 19.7 Å². The van der Waals surface area contributed by atoms with Gasteiger partial charge in [0.1, 0.15) is 17.8 Å². The summed E-state index contributed by atoms with van der Waals surface area (Å²) in [5, 5.41) is 19.7. The first-order valence-corrected chi connectivity index (χ1v) is 6.77. The molecule has 2 aliphatic heterocycles. The number of H-pyrrole nitrogens is 1. The lowest BCUT2D eigenvalue weighted by Gasteiger charge is -2.52. The van der Waals surface area contributed by atoms with E-state index in [1.165, 1.54) is 10.9 Å². The van der Waals surface area contributed by atoms with E-state index < -0.39 is 29.1 Å². The number of hydrogen-bond donors (Lipinski definition) is 4. The van der Waals surface area contributed by atoms with Crippen molar-refractivity contribution in [2.45, 2.75) is 30.5 Å². The lowest BCUT2D eigenvalue weighted by molar-refractivity contribution is -0.327. The number of nitrogen functional groups attached to an aromatic ring is 1. The average molecular weight is 309 g/mol. The third kappa shape index (κ3) is 1.35. The first kappa shape index (κ1) is 13.6. The quantitative estimate of drug-likeness (QED) is 0.493. The first-order valence-electron chi connectivity index (χ1n) is 6.77. The zero-order chi connectivity index (χ0) is 15.7. The van der Waals surface area contributed by atoms with Crippen molar-refractivity contribution in [1.29, 1.82) is 0 Å². The van der Waals surface area contributed by atoms with Crippen LogP contribution in [0.4, 0.5) is 5.95 Å². The van der Waals surface area contributed by atoms with Gasteiger partial charge in [0.25, 0.3) is 5.56 Å². The molecule has 5 N–H and O–H groups in total. The van der Waals surface area contributed by atoms with E-state index in [2.05, 4.69) is 15.0 Å². The molecule has 118 valence electrons. The van der Waals surface area contributed by atoms with Crippen LogP contribution in [0.25, 0.3) is 11.2 Å². The van der Waals surface area contributed by atoms with Gasteiger partial charge < -0.3 is 25.4 Å². The van der Waals surface area contributed by atoms with Gasteiger partial charge in [-0.3, -0.25) is 14.3 Å². The molecule has 0 saturated carbocycles. The van der Waals surface area contributed by atoms with Gasteiger partial charge in [0.2, 0.25) is 11.7 Å². The molecule has 4 rings (SSSR count). The summed E-state index contributed by atoms with van der Waals surface area (Å²) in [6, 6.07) is 0. The van der Waals surface area contributed by atoms with Gasteiger partial charge in [0.15, 0.2) is 11.2 Å². The highest BCUT2D eigenvalue weighted by atomic mass is 16.7. The molecule has 2 saturated heterocycles. The van der Waals surface area contributed by atoms with Crippen LogP contribution in [0.2, 0.25) is 0 Å². The number of nitrogens with zero attached hydrogens (tertiary/aromatic N) is 3. The van der Waals surface area contributed by atoms with Crippen molar-refractivity contribution in [2.75, 3.05) is 18.9 Å². The van der Waals surface area contributed by atoms with Crippen molar-refractivity contribution in [3.8, 4) is 0 Å². The van der Waals surface area contributed by atoms with Crippen LogP contribution < -0.4 is 11.3 Å². The van der Waals surface area contributed by atoms with Gasteiger partial charge in [-0.15, -0.1) is 0 Å². The van der Waals surface area contributed by atoms with E-state index in [1.807, 2.05) is 0 Å². The van der Waals surface area contributed by atoms with E-state index in [0.29, 0.717) is 0 Å². The molecule has 10 nitrogen and oxygen atoms in total. The van der Waals surface area contributed by atoms with Crippen LogP contribution in [0.15, 0.2) is 11.1 Å². The number of aliphatic hydroxyl groups excluding tert-OH is 2. The van der Waals surface area contributed by atoms with Crippen molar-refractivity contribution >= 4 is 17.1 Å². The van der Waals surface area contributed by atoms with Crippen molar-refractivity contribution in [3.05, 3.63) is 16.7 Å². The summed E-state index contributed by atoms with van der Waals surface area (Å²) >= 11 is 0. The van der Waals surface area contributed by atoms with Gasteiger partial charge in [0.05, 0.1) is 19.5 Å². The van der Waals surface area contributed by atoms with E-state index in [0.717, 1.165) is 0 Å². The predicted molar refractivity (Wildman–Crippen MR) is 72.9 cm³/mol. The van der Waals surface area contributed by atoms with Gasteiger partial charge in [-0.1, -0.05) is 0 Å². The average Bonchev–Trinajstić information content (AvgIpc) is 2.94. The Kier molecular flexibility index (Phi) is 2.51. The van der Waals surface area contributed by atoms with E-state index >= 15 is 0 Å². The smallest absolute Gasteiger partial charge is 0.280 e. The highest BCUT2D eigenvalue weighted by Crippen LogP contribution is 2.53. The molecule has 4 heterocycles. The Morgan fingerprint density at radius 3 is 3.05 bits per heavy atom. The van der Waals surface area contributed by atoms with Crippen LogP contribution in [0.1, 0.15) is 6.92 Å². The van der Waals surface area contributed by atoms with Crippen LogP contribution in [0.3, 0.4) is 0 Å². The normalized spacial score (nSPS) is 37.2. The highest BCUT2D eigenvalue weighted by molar-refractivity contribution is 5.71. The monoisotopic (exact) mass is 309 g/mol. The van der Waals surface area contributed by atoms with Crippen LogP contribution in [-0.2, 0) is 15.2 Å². The number of imidazole rings is 1. The summed E-state index contributed by atoms with van der Waals surface area (Å²) in [6.45, 7) is 1.46. The van der Waals surface area contributed by atoms with E-state index in [9.17, 15) is 15.0 Å². The first-order chi connectivity index (χ1) is 10.4. The summed E-state index contributed by atoms with van der Waals surface area (Å²) in [7, 11) is 0. The zero-order valence-corrected chi connectivity index (χ0v) is 11.7. The fourth-order valence-corrected chi connectivity index (χ4v) is 3.25. The fourth-order valence-electron chi connectivity index (χ4n) is 3.25. The lowest BCUT2D eigenvalue weighted by Crippen LogP contribution is -2.68. The van der Waals surface area contributed by atoms with E-state index in [-0.39, 0.29) is 30.3 Å². The van der Waals surface area contributed by atoms with E-state index in [1.54, 1.807) is 6.92 Å². The molecular weight excluding hydrogens is 294 g/mol. The molecule has 0 aliphatic carbocycles. The molecule has 0 spiro atoms. The van der Waals surface area contributed by atoms with Gasteiger partial charge in [-0.2, -0.15) is 4.98 Å². The van der Waals surface area contributed by atoms with Crippen LogP contribution in [0.5, 0.6) is 0 Å². The highest BCUT2D eigenvalue weighted by Gasteiger charge is 2.72. The SMILES string of the molecule is C[C@]12OC[C@@]1(n1cnc3c(=O)[nH]c(N)nc31)O[C@H](CO)[C@H]2O. The third-order valence-corrected chi connectivity index (χ3v) is 4.60. The molecular formula is C12H15N5O5. The molecule has 22 heavy (non-hydrogen) atoms. The van der Waals surface area contributed by atoms with Crippen LogP contribution in [0, 0.1) is 0 Å². The fraction of sp³-hybridized carbons (Fsp3) is 0.583. The van der Waals surface area contributed by atoms with Gasteiger partial charge in [-0.25, -0.2) is 4.98 Å². The Bertz CT molecular complexity index is 818. The van der Waals surface area contributed by atoms with Crippen molar-refractivity contribution in [2.24, 2.45) is 0 Å². The molecule has 0 aromatic carbocycles. The minimum atomic E-state index is -1.10. The number of anilines is 1. The second-order valence-corrected chi connectivity index (χ2v) is 5.70. The van der Waals surface area contributed by atoms with E-state index in [4.69, 9.17) is 15.2 Å². The Morgan fingerprint density at radius 2 is 2.41 bits per heavy atom. The number of aromatic amines is 1. The number of aliphatic hydroxyl groups is 2. The molecule has 2 aromatic rings. The molecule has 10 heteroatoms. The van der Waals surface area contributed by atoms with Gasteiger partial charge in [-0.05, 0) is 6.92 Å². The number of hydrogen-bond acceptors (Lipinski definition) is 8. The van der Waals surface area contributed by atoms with Gasteiger partial charge in [0, 0.05) is 0 Å². The maximum absolute atomic E-state index is 11.9. The summed E-state index contributed by atoms with van der Waals surface area (Å²) < 4.78 is 12.9. The van der Waals surface area contributed by atoms with Crippen molar-refractivity contribution in [3.63, 3.8) is 0 Å². The molecule has 0 bridgehead atoms. The third-order valence-electron chi connectivity index (χ3n) is 4.60. The number of aromatic nitrogens is 4. The molecule has 0 amide bonds. The summed E-state index contributed by atoms with van der Waals surface area (Å²) in [5.41, 5.74) is 3.31. The molecule has 4 atom stereocenters. The topological polar surface area (TPSA) is 149 Å². The standard InChI is InChI=1S/C12H15N5O5/c1-11-7(19)5(2-18)22-12(11,3-21-11)17-4-14-6-8(17)15-10(13)16-9(6)20/h4-5,7,18-19H,2-3H2,1H3,(H3,13,15,16,20)/t5-,7-,11-,12-/m1/s1. The maximum Gasteiger partial charge on any atom is 0.280 e.